The van der Waals surface area contributed by atoms with E-state index in [0.29, 0.717) is 18.0 Å². The standard InChI is InChI=1S/C15H27N3O/c1-12-4-2-10-17(12)15(19)14-5-3-11-18(14)13-6-8-16-9-7-13/h12-14,16H,2-11H2,1H3. The second-order valence-corrected chi connectivity index (χ2v) is 6.40. The van der Waals surface area contributed by atoms with Gasteiger partial charge in [0.25, 0.3) is 0 Å². The summed E-state index contributed by atoms with van der Waals surface area (Å²) in [5.41, 5.74) is 0. The molecule has 0 saturated carbocycles. The van der Waals surface area contributed by atoms with E-state index in [0.717, 1.165) is 32.6 Å². The van der Waals surface area contributed by atoms with E-state index in [1.54, 1.807) is 0 Å². The Hall–Kier alpha value is -0.610. The summed E-state index contributed by atoms with van der Waals surface area (Å²) < 4.78 is 0. The van der Waals surface area contributed by atoms with Crippen LogP contribution in [0.2, 0.25) is 0 Å². The number of nitrogens with zero attached hydrogens (tertiary/aromatic N) is 2. The number of carbonyl (C=O) groups is 1. The molecule has 2 atom stereocenters. The van der Waals surface area contributed by atoms with E-state index >= 15 is 0 Å². The molecule has 3 fully saturated rings. The topological polar surface area (TPSA) is 35.6 Å². The molecule has 0 bridgehead atoms. The zero-order chi connectivity index (χ0) is 13.2. The van der Waals surface area contributed by atoms with Crippen molar-refractivity contribution in [2.75, 3.05) is 26.2 Å². The third kappa shape index (κ3) is 2.65. The Bertz CT molecular complexity index is 327. The molecule has 1 N–H and O–H groups in total. The van der Waals surface area contributed by atoms with Crippen molar-refractivity contribution < 1.29 is 4.79 Å². The maximum atomic E-state index is 12.8. The van der Waals surface area contributed by atoms with Gasteiger partial charge in [-0.05, 0) is 65.1 Å². The molecular formula is C15H27N3O. The SMILES string of the molecule is CC1CCCN1C(=O)C1CCCN1C1CCNCC1. The quantitative estimate of drug-likeness (QED) is 0.815. The van der Waals surface area contributed by atoms with Gasteiger partial charge in [0.05, 0.1) is 6.04 Å². The van der Waals surface area contributed by atoms with Crippen molar-refractivity contribution in [2.24, 2.45) is 0 Å². The third-order valence-electron chi connectivity index (χ3n) is 5.19. The van der Waals surface area contributed by atoms with Crippen LogP contribution >= 0.6 is 0 Å². The molecule has 19 heavy (non-hydrogen) atoms. The van der Waals surface area contributed by atoms with Gasteiger partial charge < -0.3 is 10.2 Å². The monoisotopic (exact) mass is 265 g/mol. The fraction of sp³-hybridized carbons (Fsp3) is 0.933. The van der Waals surface area contributed by atoms with E-state index in [1.807, 2.05) is 0 Å². The summed E-state index contributed by atoms with van der Waals surface area (Å²) in [6.07, 6.45) is 7.06. The molecule has 0 aromatic carbocycles. The molecule has 4 nitrogen and oxygen atoms in total. The highest BCUT2D eigenvalue weighted by Crippen LogP contribution is 2.28. The Morgan fingerprint density at radius 1 is 1.05 bits per heavy atom. The van der Waals surface area contributed by atoms with Crippen LogP contribution in [-0.4, -0.2) is 60.0 Å². The van der Waals surface area contributed by atoms with Crippen LogP contribution in [-0.2, 0) is 4.79 Å². The average Bonchev–Trinajstić information content (AvgIpc) is 3.07. The van der Waals surface area contributed by atoms with Gasteiger partial charge in [0, 0.05) is 18.6 Å². The van der Waals surface area contributed by atoms with Crippen molar-refractivity contribution in [2.45, 2.75) is 63.6 Å². The lowest BCUT2D eigenvalue weighted by molar-refractivity contribution is -0.137. The Morgan fingerprint density at radius 2 is 1.79 bits per heavy atom. The lowest BCUT2D eigenvalue weighted by atomic mass is 10.0. The Labute approximate surface area is 116 Å². The molecule has 2 unspecified atom stereocenters. The normalized spacial score (nSPS) is 34.1. The van der Waals surface area contributed by atoms with Gasteiger partial charge in [-0.25, -0.2) is 0 Å². The van der Waals surface area contributed by atoms with Crippen LogP contribution < -0.4 is 5.32 Å². The smallest absolute Gasteiger partial charge is 0.240 e. The molecule has 3 rings (SSSR count). The summed E-state index contributed by atoms with van der Waals surface area (Å²) in [4.78, 5) is 17.4. The van der Waals surface area contributed by atoms with E-state index < -0.39 is 0 Å². The molecule has 0 spiro atoms. The largest absolute Gasteiger partial charge is 0.339 e. The molecule has 3 aliphatic rings. The van der Waals surface area contributed by atoms with E-state index in [9.17, 15) is 4.79 Å². The van der Waals surface area contributed by atoms with Crippen molar-refractivity contribution in [1.29, 1.82) is 0 Å². The summed E-state index contributed by atoms with van der Waals surface area (Å²) in [7, 11) is 0. The Kier molecular flexibility index (Phi) is 4.08. The molecule has 0 radical (unpaired) electrons. The van der Waals surface area contributed by atoms with E-state index in [2.05, 4.69) is 22.0 Å². The van der Waals surface area contributed by atoms with E-state index in [1.165, 1.54) is 32.1 Å². The highest BCUT2D eigenvalue weighted by Gasteiger charge is 2.39. The van der Waals surface area contributed by atoms with Crippen LogP contribution in [0, 0.1) is 0 Å². The molecule has 3 aliphatic heterocycles. The molecule has 3 heterocycles. The fourth-order valence-electron chi connectivity index (χ4n) is 4.08. The number of rotatable bonds is 2. The van der Waals surface area contributed by atoms with Gasteiger partial charge >= 0.3 is 0 Å². The second kappa shape index (κ2) is 5.80. The average molecular weight is 265 g/mol. The van der Waals surface area contributed by atoms with Crippen molar-refractivity contribution >= 4 is 5.91 Å². The maximum Gasteiger partial charge on any atom is 0.240 e. The minimum Gasteiger partial charge on any atom is -0.339 e. The summed E-state index contributed by atoms with van der Waals surface area (Å²) in [6.45, 7) is 6.54. The Morgan fingerprint density at radius 3 is 2.47 bits per heavy atom. The molecule has 108 valence electrons. The maximum absolute atomic E-state index is 12.8. The van der Waals surface area contributed by atoms with Gasteiger partial charge in [-0.2, -0.15) is 0 Å². The van der Waals surface area contributed by atoms with Gasteiger partial charge in [0.1, 0.15) is 0 Å². The number of nitrogens with one attached hydrogen (secondary N) is 1. The molecule has 3 saturated heterocycles. The summed E-state index contributed by atoms with van der Waals surface area (Å²) >= 11 is 0. The number of hydrogen-bond donors (Lipinski definition) is 1. The van der Waals surface area contributed by atoms with Crippen molar-refractivity contribution in [3.63, 3.8) is 0 Å². The molecule has 1 amide bonds. The highest BCUT2D eigenvalue weighted by atomic mass is 16.2. The molecular weight excluding hydrogens is 238 g/mol. The first-order valence-corrected chi connectivity index (χ1v) is 8.04. The van der Waals surface area contributed by atoms with Crippen LogP contribution in [0.3, 0.4) is 0 Å². The van der Waals surface area contributed by atoms with Crippen molar-refractivity contribution in [3.8, 4) is 0 Å². The minimum atomic E-state index is 0.184. The van der Waals surface area contributed by atoms with Gasteiger partial charge in [0.15, 0.2) is 0 Å². The van der Waals surface area contributed by atoms with Crippen LogP contribution in [0.4, 0.5) is 0 Å². The van der Waals surface area contributed by atoms with E-state index in [4.69, 9.17) is 0 Å². The lowest BCUT2D eigenvalue weighted by Gasteiger charge is -2.37. The highest BCUT2D eigenvalue weighted by molar-refractivity contribution is 5.82. The first kappa shape index (κ1) is 13.4. The first-order chi connectivity index (χ1) is 9.27. The number of amides is 1. The van der Waals surface area contributed by atoms with Gasteiger partial charge in [-0.3, -0.25) is 9.69 Å². The summed E-state index contributed by atoms with van der Waals surface area (Å²) in [5, 5.41) is 3.42. The van der Waals surface area contributed by atoms with Gasteiger partial charge in [0.2, 0.25) is 5.91 Å². The summed E-state index contributed by atoms with van der Waals surface area (Å²) in [6, 6.07) is 1.28. The number of likely N-dealkylation sites (tertiary alicyclic amines) is 2. The zero-order valence-electron chi connectivity index (χ0n) is 12.1. The third-order valence-corrected chi connectivity index (χ3v) is 5.19. The Balaban J connectivity index is 1.66. The first-order valence-electron chi connectivity index (χ1n) is 8.04. The molecule has 0 aromatic heterocycles. The van der Waals surface area contributed by atoms with Crippen molar-refractivity contribution in [1.82, 2.24) is 15.1 Å². The van der Waals surface area contributed by atoms with E-state index in [-0.39, 0.29) is 6.04 Å². The predicted molar refractivity (Wildman–Crippen MR) is 76.0 cm³/mol. The molecule has 0 aliphatic carbocycles. The zero-order valence-corrected chi connectivity index (χ0v) is 12.1. The van der Waals surface area contributed by atoms with Gasteiger partial charge in [-0.1, -0.05) is 0 Å². The molecule has 0 aromatic rings. The number of carbonyl (C=O) groups excluding carboxylic acids is 1. The number of piperidine rings is 1. The predicted octanol–water partition coefficient (Wildman–Crippen LogP) is 1.21. The fourth-order valence-corrected chi connectivity index (χ4v) is 4.08. The van der Waals surface area contributed by atoms with Crippen molar-refractivity contribution in [3.05, 3.63) is 0 Å². The van der Waals surface area contributed by atoms with Crippen LogP contribution in [0.1, 0.15) is 45.4 Å². The second-order valence-electron chi connectivity index (χ2n) is 6.40. The minimum absolute atomic E-state index is 0.184. The lowest BCUT2D eigenvalue weighted by Crippen LogP contribution is -2.52. The number of hydrogen-bond acceptors (Lipinski definition) is 3. The van der Waals surface area contributed by atoms with Gasteiger partial charge in [-0.15, -0.1) is 0 Å². The van der Waals surface area contributed by atoms with Crippen LogP contribution in [0.25, 0.3) is 0 Å². The molecule has 4 heteroatoms. The van der Waals surface area contributed by atoms with Crippen LogP contribution in [0.5, 0.6) is 0 Å². The van der Waals surface area contributed by atoms with Crippen LogP contribution in [0.15, 0.2) is 0 Å². The summed E-state index contributed by atoms with van der Waals surface area (Å²) in [5.74, 6) is 0.418.